The molecule has 0 aliphatic carbocycles. The van der Waals surface area contributed by atoms with Crippen LogP contribution in [0.5, 0.6) is 0 Å². The number of aliphatic imine (C=N–C) groups is 1. The van der Waals surface area contributed by atoms with Crippen molar-refractivity contribution < 1.29 is 0 Å². The Morgan fingerprint density at radius 2 is 2.36 bits per heavy atom. The van der Waals surface area contributed by atoms with E-state index in [2.05, 4.69) is 21.9 Å². The third kappa shape index (κ3) is 1.34. The second kappa shape index (κ2) is 3.09. The molecule has 1 heterocycles. The van der Waals surface area contributed by atoms with Crippen LogP contribution >= 0.6 is 0 Å². The predicted octanol–water partition coefficient (Wildman–Crippen LogP) is 1.18. The van der Waals surface area contributed by atoms with Gasteiger partial charge in [-0.05, 0) is 13.0 Å². The quantitative estimate of drug-likeness (QED) is 0.594. The number of nitrogens with zero attached hydrogens (tertiary/aromatic N) is 4. The Morgan fingerprint density at radius 3 is 2.91 bits per heavy atom. The second-order valence-corrected chi connectivity index (χ2v) is 2.01. The lowest BCUT2D eigenvalue weighted by molar-refractivity contribution is 0.717. The maximum atomic E-state index is 4.08. The van der Waals surface area contributed by atoms with E-state index >= 15 is 0 Å². The lowest BCUT2D eigenvalue weighted by Crippen LogP contribution is -1.88. The van der Waals surface area contributed by atoms with Crippen molar-refractivity contribution in [2.45, 2.75) is 6.92 Å². The van der Waals surface area contributed by atoms with Gasteiger partial charge in [0.1, 0.15) is 5.69 Å². The Bertz CT molecular complexity index is 285. The molecule has 58 valence electrons. The molecule has 0 aromatic carbocycles. The fourth-order valence-electron chi connectivity index (χ4n) is 0.772. The van der Waals surface area contributed by atoms with E-state index in [1.54, 1.807) is 24.0 Å². The van der Waals surface area contributed by atoms with Crippen LogP contribution < -0.4 is 0 Å². The molecular formula is C7H10N4. The first-order valence-electron chi connectivity index (χ1n) is 3.30. The van der Waals surface area contributed by atoms with Crippen LogP contribution in [-0.2, 0) is 7.05 Å². The smallest absolute Gasteiger partial charge is 0.177 e. The summed E-state index contributed by atoms with van der Waals surface area (Å²) in [5.74, 6) is 0.738. The molecule has 4 heteroatoms. The SMILES string of the molecule is C=Cc1nnn(C)c1/N=C\C. The van der Waals surface area contributed by atoms with Crippen LogP contribution in [0.2, 0.25) is 0 Å². The minimum atomic E-state index is 0.714. The Labute approximate surface area is 65.3 Å². The topological polar surface area (TPSA) is 43.1 Å². The van der Waals surface area contributed by atoms with Gasteiger partial charge in [-0.2, -0.15) is 0 Å². The normalized spacial score (nSPS) is 10.7. The maximum Gasteiger partial charge on any atom is 0.177 e. The van der Waals surface area contributed by atoms with Crippen molar-refractivity contribution in [3.05, 3.63) is 12.3 Å². The van der Waals surface area contributed by atoms with E-state index in [-0.39, 0.29) is 0 Å². The van der Waals surface area contributed by atoms with Crippen LogP contribution in [0.25, 0.3) is 6.08 Å². The van der Waals surface area contributed by atoms with Crippen molar-refractivity contribution in [3.8, 4) is 0 Å². The highest BCUT2D eigenvalue weighted by Crippen LogP contribution is 2.14. The van der Waals surface area contributed by atoms with Crippen LogP contribution in [0, 0.1) is 0 Å². The molecule has 0 atom stereocenters. The van der Waals surface area contributed by atoms with Crippen molar-refractivity contribution >= 4 is 18.1 Å². The first kappa shape index (κ1) is 7.65. The van der Waals surface area contributed by atoms with Gasteiger partial charge in [-0.1, -0.05) is 11.8 Å². The van der Waals surface area contributed by atoms with Crippen LogP contribution in [0.4, 0.5) is 5.82 Å². The van der Waals surface area contributed by atoms with Crippen molar-refractivity contribution in [3.63, 3.8) is 0 Å². The summed E-state index contributed by atoms with van der Waals surface area (Å²) in [5, 5.41) is 7.62. The molecule has 1 rings (SSSR count). The average Bonchev–Trinajstić information content (AvgIpc) is 2.34. The summed E-state index contributed by atoms with van der Waals surface area (Å²) in [7, 11) is 1.79. The third-order valence-corrected chi connectivity index (χ3v) is 1.27. The lowest BCUT2D eigenvalue weighted by Gasteiger charge is -1.91. The molecule has 4 nitrogen and oxygen atoms in total. The van der Waals surface area contributed by atoms with Crippen LogP contribution in [0.1, 0.15) is 12.6 Å². The Balaban J connectivity index is 3.17. The molecule has 1 aromatic heterocycles. The summed E-state index contributed by atoms with van der Waals surface area (Å²) >= 11 is 0. The molecular weight excluding hydrogens is 140 g/mol. The van der Waals surface area contributed by atoms with E-state index in [0.29, 0.717) is 5.69 Å². The van der Waals surface area contributed by atoms with E-state index in [9.17, 15) is 0 Å². The third-order valence-electron chi connectivity index (χ3n) is 1.27. The molecule has 0 fully saturated rings. The van der Waals surface area contributed by atoms with Crippen molar-refractivity contribution in [2.24, 2.45) is 12.0 Å². The van der Waals surface area contributed by atoms with Gasteiger partial charge >= 0.3 is 0 Å². The first-order valence-corrected chi connectivity index (χ1v) is 3.30. The summed E-state index contributed by atoms with van der Waals surface area (Å²) in [6, 6.07) is 0. The number of hydrogen-bond donors (Lipinski definition) is 0. The number of rotatable bonds is 2. The Morgan fingerprint density at radius 1 is 1.64 bits per heavy atom. The summed E-state index contributed by atoms with van der Waals surface area (Å²) < 4.78 is 1.61. The van der Waals surface area contributed by atoms with Crippen LogP contribution in [0.3, 0.4) is 0 Å². The largest absolute Gasteiger partial charge is 0.240 e. The minimum absolute atomic E-state index is 0.714. The molecule has 1 aromatic rings. The van der Waals surface area contributed by atoms with E-state index in [0.717, 1.165) is 5.82 Å². The van der Waals surface area contributed by atoms with Gasteiger partial charge in [0, 0.05) is 13.3 Å². The zero-order chi connectivity index (χ0) is 8.27. The Kier molecular flexibility index (Phi) is 2.15. The fourth-order valence-corrected chi connectivity index (χ4v) is 0.772. The van der Waals surface area contributed by atoms with E-state index < -0.39 is 0 Å². The van der Waals surface area contributed by atoms with Crippen molar-refractivity contribution in [1.29, 1.82) is 0 Å². The zero-order valence-corrected chi connectivity index (χ0v) is 6.65. The van der Waals surface area contributed by atoms with Crippen molar-refractivity contribution in [2.75, 3.05) is 0 Å². The molecule has 0 N–H and O–H groups in total. The number of aromatic nitrogens is 3. The highest BCUT2D eigenvalue weighted by atomic mass is 15.4. The highest BCUT2D eigenvalue weighted by Gasteiger charge is 2.03. The zero-order valence-electron chi connectivity index (χ0n) is 6.65. The average molecular weight is 150 g/mol. The van der Waals surface area contributed by atoms with Crippen LogP contribution in [-0.4, -0.2) is 21.2 Å². The number of hydrogen-bond acceptors (Lipinski definition) is 3. The molecule has 0 saturated carbocycles. The number of aryl methyl sites for hydroxylation is 1. The highest BCUT2D eigenvalue weighted by molar-refractivity contribution is 5.63. The van der Waals surface area contributed by atoms with E-state index in [4.69, 9.17) is 0 Å². The molecule has 0 amide bonds. The first-order chi connectivity index (χ1) is 5.29. The molecule has 0 aliphatic rings. The van der Waals surface area contributed by atoms with Gasteiger partial charge in [0.15, 0.2) is 5.82 Å². The minimum Gasteiger partial charge on any atom is -0.240 e. The lowest BCUT2D eigenvalue weighted by atomic mass is 10.4. The van der Waals surface area contributed by atoms with Crippen molar-refractivity contribution in [1.82, 2.24) is 15.0 Å². The van der Waals surface area contributed by atoms with Gasteiger partial charge in [0.25, 0.3) is 0 Å². The van der Waals surface area contributed by atoms with Crippen LogP contribution in [0.15, 0.2) is 11.6 Å². The second-order valence-electron chi connectivity index (χ2n) is 2.01. The summed E-state index contributed by atoms with van der Waals surface area (Å²) in [6.45, 7) is 5.44. The molecule has 0 unspecified atom stereocenters. The molecule has 0 bridgehead atoms. The molecule has 11 heavy (non-hydrogen) atoms. The standard InChI is InChI=1S/C7H10N4/c1-4-6-7(8-5-2)11(3)10-9-6/h4-5H,1H2,2-3H3/b8-5-. The fraction of sp³-hybridized carbons (Fsp3) is 0.286. The van der Waals surface area contributed by atoms with Gasteiger partial charge in [0.05, 0.1) is 0 Å². The van der Waals surface area contributed by atoms with E-state index in [1.807, 2.05) is 6.92 Å². The van der Waals surface area contributed by atoms with E-state index in [1.165, 1.54) is 0 Å². The summed E-state index contributed by atoms with van der Waals surface area (Å²) in [6.07, 6.45) is 3.33. The predicted molar refractivity (Wildman–Crippen MR) is 44.9 cm³/mol. The summed E-state index contributed by atoms with van der Waals surface area (Å²) in [5.41, 5.74) is 0.714. The van der Waals surface area contributed by atoms with Gasteiger partial charge < -0.3 is 0 Å². The summed E-state index contributed by atoms with van der Waals surface area (Å²) in [4.78, 5) is 4.08. The Hall–Kier alpha value is -1.45. The maximum absolute atomic E-state index is 4.08. The monoisotopic (exact) mass is 150 g/mol. The molecule has 0 radical (unpaired) electrons. The van der Waals surface area contributed by atoms with Gasteiger partial charge in [-0.3, -0.25) is 0 Å². The molecule has 0 saturated heterocycles. The van der Waals surface area contributed by atoms with Gasteiger partial charge in [0.2, 0.25) is 0 Å². The molecule has 0 aliphatic heterocycles. The molecule has 0 spiro atoms. The van der Waals surface area contributed by atoms with Gasteiger partial charge in [-0.25, -0.2) is 9.67 Å². The van der Waals surface area contributed by atoms with Gasteiger partial charge in [-0.15, -0.1) is 5.10 Å².